The predicted octanol–water partition coefficient (Wildman–Crippen LogP) is 6.91. The second-order valence-electron chi connectivity index (χ2n) is 9.03. The molecule has 4 nitrogen and oxygen atoms in total. The summed E-state index contributed by atoms with van der Waals surface area (Å²) in [4.78, 5) is 11.7. The van der Waals surface area contributed by atoms with Gasteiger partial charge in [0.25, 0.3) is 0 Å². The normalized spacial score (nSPS) is 14.7. The van der Waals surface area contributed by atoms with Crippen molar-refractivity contribution in [2.24, 2.45) is 13.0 Å². The number of ether oxygens (including phenoxy) is 1. The van der Waals surface area contributed by atoms with Crippen LogP contribution < -0.4 is 0 Å². The molecule has 0 amide bonds. The standard InChI is InChI=1S/C31H30N2O2/c1-3-35-29(34)19-14-22-12-15-25(16-13-22)31(26-17-18-28-27(20-26)21-32-33(28)2)30(24-10-7-11-24)23-8-5-4-6-9-23/h4-6,8-9,12-21,24H,3,7,10-11H2,1-2H3. The lowest BCUT2D eigenvalue weighted by Crippen LogP contribution is -2.15. The van der Waals surface area contributed by atoms with Crippen molar-refractivity contribution in [3.05, 3.63) is 107 Å². The van der Waals surface area contributed by atoms with Gasteiger partial charge in [-0.25, -0.2) is 4.79 Å². The predicted molar refractivity (Wildman–Crippen MR) is 143 cm³/mol. The molecule has 1 fully saturated rings. The van der Waals surface area contributed by atoms with E-state index in [1.807, 2.05) is 24.9 Å². The molecule has 0 N–H and O–H groups in total. The highest BCUT2D eigenvalue weighted by Crippen LogP contribution is 2.45. The first-order chi connectivity index (χ1) is 17.1. The molecule has 0 saturated heterocycles. The van der Waals surface area contributed by atoms with Crippen LogP contribution in [0.1, 0.15) is 48.4 Å². The zero-order chi connectivity index (χ0) is 24.2. The number of fused-ring (bicyclic) bond motifs is 1. The van der Waals surface area contributed by atoms with E-state index in [1.54, 1.807) is 6.08 Å². The van der Waals surface area contributed by atoms with Crippen LogP contribution in [0, 0.1) is 5.92 Å². The first-order valence-corrected chi connectivity index (χ1v) is 12.3. The smallest absolute Gasteiger partial charge is 0.330 e. The number of esters is 1. The van der Waals surface area contributed by atoms with Gasteiger partial charge in [0.15, 0.2) is 0 Å². The van der Waals surface area contributed by atoms with Crippen molar-refractivity contribution < 1.29 is 9.53 Å². The van der Waals surface area contributed by atoms with Crippen molar-refractivity contribution in [2.75, 3.05) is 6.61 Å². The van der Waals surface area contributed by atoms with Crippen molar-refractivity contribution in [1.82, 2.24) is 9.78 Å². The molecule has 1 aromatic heterocycles. The summed E-state index contributed by atoms with van der Waals surface area (Å²) in [5, 5.41) is 5.59. The van der Waals surface area contributed by atoms with Crippen molar-refractivity contribution in [1.29, 1.82) is 0 Å². The Bertz CT molecular complexity index is 1390. The molecule has 4 aromatic rings. The Kier molecular flexibility index (Phi) is 6.62. The third-order valence-electron chi connectivity index (χ3n) is 6.80. The van der Waals surface area contributed by atoms with Gasteiger partial charge in [0, 0.05) is 18.5 Å². The Morgan fingerprint density at radius 1 is 1.00 bits per heavy atom. The molecule has 176 valence electrons. The van der Waals surface area contributed by atoms with Crippen molar-refractivity contribution in [3.8, 4) is 0 Å². The van der Waals surface area contributed by atoms with Crippen LogP contribution in [0.3, 0.4) is 0 Å². The summed E-state index contributed by atoms with van der Waals surface area (Å²) >= 11 is 0. The monoisotopic (exact) mass is 462 g/mol. The van der Waals surface area contributed by atoms with Crippen molar-refractivity contribution >= 4 is 34.1 Å². The maximum absolute atomic E-state index is 11.7. The van der Waals surface area contributed by atoms with E-state index in [0.717, 1.165) is 16.5 Å². The van der Waals surface area contributed by atoms with E-state index in [1.165, 1.54) is 53.2 Å². The molecule has 1 aliphatic carbocycles. The van der Waals surface area contributed by atoms with Gasteiger partial charge in [-0.05, 0) is 77.3 Å². The van der Waals surface area contributed by atoms with E-state index in [0.29, 0.717) is 12.5 Å². The van der Waals surface area contributed by atoms with E-state index in [4.69, 9.17) is 4.74 Å². The van der Waals surface area contributed by atoms with Crippen LogP contribution in [0.2, 0.25) is 0 Å². The molecule has 1 saturated carbocycles. The van der Waals surface area contributed by atoms with Gasteiger partial charge in [-0.3, -0.25) is 4.68 Å². The van der Waals surface area contributed by atoms with Crippen LogP contribution in [-0.2, 0) is 16.6 Å². The van der Waals surface area contributed by atoms with Gasteiger partial charge >= 0.3 is 5.97 Å². The van der Waals surface area contributed by atoms with Gasteiger partial charge in [0.2, 0.25) is 0 Å². The fourth-order valence-electron chi connectivity index (χ4n) is 4.81. The van der Waals surface area contributed by atoms with Gasteiger partial charge in [0.1, 0.15) is 0 Å². The average Bonchev–Trinajstić information content (AvgIpc) is 3.23. The number of carbonyl (C=O) groups excluding carboxylic acids is 1. The first kappa shape index (κ1) is 22.9. The zero-order valence-corrected chi connectivity index (χ0v) is 20.3. The van der Waals surface area contributed by atoms with E-state index in [-0.39, 0.29) is 5.97 Å². The van der Waals surface area contributed by atoms with Crippen LogP contribution >= 0.6 is 0 Å². The molecule has 0 radical (unpaired) electrons. The van der Waals surface area contributed by atoms with E-state index < -0.39 is 0 Å². The second kappa shape index (κ2) is 10.1. The molecule has 35 heavy (non-hydrogen) atoms. The Morgan fingerprint density at radius 3 is 2.43 bits per heavy atom. The van der Waals surface area contributed by atoms with Gasteiger partial charge in [-0.1, -0.05) is 67.1 Å². The van der Waals surface area contributed by atoms with Gasteiger partial charge in [-0.2, -0.15) is 5.10 Å². The van der Waals surface area contributed by atoms with Gasteiger partial charge in [0.05, 0.1) is 18.3 Å². The third-order valence-corrected chi connectivity index (χ3v) is 6.80. The third kappa shape index (κ3) is 4.83. The summed E-state index contributed by atoms with van der Waals surface area (Å²) in [6, 6.07) is 25.9. The van der Waals surface area contributed by atoms with E-state index in [9.17, 15) is 4.79 Å². The maximum atomic E-state index is 11.7. The summed E-state index contributed by atoms with van der Waals surface area (Å²) in [5.41, 5.74) is 8.43. The Labute approximate surface area is 206 Å². The van der Waals surface area contributed by atoms with Crippen LogP contribution in [0.4, 0.5) is 0 Å². The summed E-state index contributed by atoms with van der Waals surface area (Å²) < 4.78 is 6.92. The van der Waals surface area contributed by atoms with Gasteiger partial charge in [-0.15, -0.1) is 0 Å². The molecule has 0 atom stereocenters. The Morgan fingerprint density at radius 2 is 1.74 bits per heavy atom. The van der Waals surface area contributed by atoms with E-state index >= 15 is 0 Å². The van der Waals surface area contributed by atoms with E-state index in [2.05, 4.69) is 77.9 Å². The molecule has 1 aliphatic rings. The summed E-state index contributed by atoms with van der Waals surface area (Å²) in [6.45, 7) is 2.19. The van der Waals surface area contributed by atoms with Crippen LogP contribution in [0.5, 0.6) is 0 Å². The average molecular weight is 463 g/mol. The number of nitrogens with zero attached hydrogens (tertiary/aromatic N) is 2. The molecule has 3 aromatic carbocycles. The highest BCUT2D eigenvalue weighted by molar-refractivity contribution is 6.01. The quantitative estimate of drug-likeness (QED) is 0.170. The van der Waals surface area contributed by atoms with Crippen molar-refractivity contribution in [2.45, 2.75) is 26.2 Å². The molecular formula is C31H30N2O2. The number of hydrogen-bond acceptors (Lipinski definition) is 3. The number of rotatable bonds is 7. The number of hydrogen-bond donors (Lipinski definition) is 0. The minimum absolute atomic E-state index is 0.321. The zero-order valence-electron chi connectivity index (χ0n) is 20.3. The minimum Gasteiger partial charge on any atom is -0.463 e. The lowest BCUT2D eigenvalue weighted by Gasteiger charge is -2.31. The number of aromatic nitrogens is 2. The number of benzene rings is 3. The topological polar surface area (TPSA) is 44.1 Å². The number of allylic oxidation sites excluding steroid dienone is 1. The number of aryl methyl sites for hydroxylation is 1. The SMILES string of the molecule is CCOC(=O)C=Cc1ccc(C(=C(c2ccccc2)C2CCC2)c2ccc3c(cnn3C)c2)cc1. The van der Waals surface area contributed by atoms with Crippen LogP contribution in [-0.4, -0.2) is 22.4 Å². The maximum Gasteiger partial charge on any atom is 0.330 e. The number of carbonyl (C=O) groups is 1. The van der Waals surface area contributed by atoms with Crippen molar-refractivity contribution in [3.63, 3.8) is 0 Å². The summed E-state index contributed by atoms with van der Waals surface area (Å²) in [5.74, 6) is 0.221. The molecule has 0 spiro atoms. The minimum atomic E-state index is -0.321. The Hall–Kier alpha value is -3.92. The highest BCUT2D eigenvalue weighted by Gasteiger charge is 2.27. The molecule has 1 heterocycles. The largest absolute Gasteiger partial charge is 0.463 e. The van der Waals surface area contributed by atoms with Crippen LogP contribution in [0.15, 0.2) is 85.1 Å². The fourth-order valence-corrected chi connectivity index (χ4v) is 4.81. The van der Waals surface area contributed by atoms with Gasteiger partial charge < -0.3 is 4.74 Å². The lowest BCUT2D eigenvalue weighted by atomic mass is 9.73. The molecule has 5 rings (SSSR count). The second-order valence-corrected chi connectivity index (χ2v) is 9.03. The first-order valence-electron chi connectivity index (χ1n) is 12.3. The molecule has 0 aliphatic heterocycles. The molecular weight excluding hydrogens is 432 g/mol. The Balaban J connectivity index is 1.65. The summed E-state index contributed by atoms with van der Waals surface area (Å²) in [7, 11) is 1.98. The fraction of sp³-hybridized carbons (Fsp3) is 0.226. The lowest BCUT2D eigenvalue weighted by molar-refractivity contribution is -0.137. The molecule has 0 unspecified atom stereocenters. The van der Waals surface area contributed by atoms with Crippen LogP contribution in [0.25, 0.3) is 28.1 Å². The molecule has 4 heteroatoms. The summed E-state index contributed by atoms with van der Waals surface area (Å²) in [6.07, 6.45) is 8.91. The molecule has 0 bridgehead atoms. The highest BCUT2D eigenvalue weighted by atomic mass is 16.5.